The van der Waals surface area contributed by atoms with E-state index in [1.54, 1.807) is 6.07 Å². The number of carbonyl (C=O) groups excluding carboxylic acids is 1. The Hall–Kier alpha value is -1.79. The largest absolute Gasteiger partial charge is 0.321 e. The number of nitrogens with one attached hydrogen (secondary N) is 1. The van der Waals surface area contributed by atoms with Gasteiger partial charge in [-0.15, -0.1) is 0 Å². The van der Waals surface area contributed by atoms with Crippen LogP contribution in [0.25, 0.3) is 6.08 Å². The lowest BCUT2D eigenvalue weighted by atomic mass is 10.2. The summed E-state index contributed by atoms with van der Waals surface area (Å²) < 4.78 is 0. The highest BCUT2D eigenvalue weighted by molar-refractivity contribution is 6.44. The highest BCUT2D eigenvalue weighted by Gasteiger charge is 2.12. The lowest BCUT2D eigenvalue weighted by Gasteiger charge is -2.06. The van der Waals surface area contributed by atoms with Crippen LogP contribution in [0.2, 0.25) is 20.1 Å². The van der Waals surface area contributed by atoms with Crippen molar-refractivity contribution < 1.29 is 9.72 Å². The molecule has 0 atom stereocenters. The molecule has 0 bridgehead atoms. The molecule has 1 amide bonds. The minimum Gasteiger partial charge on any atom is -0.321 e. The van der Waals surface area contributed by atoms with Gasteiger partial charge < -0.3 is 5.32 Å². The van der Waals surface area contributed by atoms with Gasteiger partial charge in [0.25, 0.3) is 5.69 Å². The number of nitrogens with zero attached hydrogens (tertiary/aromatic N) is 1. The summed E-state index contributed by atoms with van der Waals surface area (Å²) in [4.78, 5) is 22.2. The third-order valence-corrected chi connectivity index (χ3v) is 4.22. The van der Waals surface area contributed by atoms with Crippen LogP contribution in [0.15, 0.2) is 36.4 Å². The lowest BCUT2D eigenvalue weighted by Crippen LogP contribution is -2.08. The van der Waals surface area contributed by atoms with E-state index in [2.05, 4.69) is 5.32 Å². The minimum absolute atomic E-state index is 0.0178. The van der Waals surface area contributed by atoms with Crippen molar-refractivity contribution in [2.45, 2.75) is 0 Å². The molecule has 0 spiro atoms. The summed E-state index contributed by atoms with van der Waals surface area (Å²) in [5.74, 6) is -0.493. The molecule has 2 rings (SSSR count). The van der Waals surface area contributed by atoms with E-state index in [9.17, 15) is 14.9 Å². The zero-order valence-corrected chi connectivity index (χ0v) is 14.7. The molecule has 0 aliphatic heterocycles. The molecule has 9 heteroatoms. The molecule has 0 fully saturated rings. The molecule has 0 unspecified atom stereocenters. The quantitative estimate of drug-likeness (QED) is 0.299. The van der Waals surface area contributed by atoms with E-state index < -0.39 is 10.8 Å². The maximum atomic E-state index is 11.9. The van der Waals surface area contributed by atoms with Crippen molar-refractivity contribution in [3.63, 3.8) is 0 Å². The van der Waals surface area contributed by atoms with Crippen LogP contribution in [-0.2, 0) is 4.79 Å². The van der Waals surface area contributed by atoms with E-state index in [-0.39, 0.29) is 25.8 Å². The summed E-state index contributed by atoms with van der Waals surface area (Å²) in [7, 11) is 0. The van der Waals surface area contributed by atoms with Gasteiger partial charge in [0.1, 0.15) is 5.02 Å². The molecule has 0 aliphatic carbocycles. The Morgan fingerprint density at radius 3 is 2.33 bits per heavy atom. The molecule has 0 heterocycles. The fraction of sp³-hybridized carbons (Fsp3) is 0. The average Bonchev–Trinajstić information content (AvgIpc) is 2.51. The van der Waals surface area contributed by atoms with Crippen molar-refractivity contribution in [1.82, 2.24) is 0 Å². The average molecular weight is 406 g/mol. The van der Waals surface area contributed by atoms with Crippen molar-refractivity contribution in [2.24, 2.45) is 0 Å². The Morgan fingerprint density at radius 1 is 1.00 bits per heavy atom. The molecule has 0 radical (unpaired) electrons. The van der Waals surface area contributed by atoms with Gasteiger partial charge in [0.15, 0.2) is 0 Å². The SMILES string of the molecule is O=C(C=Cc1ccc(Cl)c([N+](=O)[O-])c1)Nc1cc(Cl)c(Cl)cc1Cl. The Morgan fingerprint density at radius 2 is 1.67 bits per heavy atom. The van der Waals surface area contributed by atoms with Gasteiger partial charge in [-0.25, -0.2) is 0 Å². The first-order valence-corrected chi connectivity index (χ1v) is 7.86. The highest BCUT2D eigenvalue weighted by atomic mass is 35.5. The Bertz CT molecular complexity index is 853. The molecule has 2 aromatic carbocycles. The summed E-state index contributed by atoms with van der Waals surface area (Å²) in [5.41, 5.74) is 0.496. The van der Waals surface area contributed by atoms with Gasteiger partial charge in [-0.05, 0) is 29.8 Å². The maximum absolute atomic E-state index is 11.9. The smallest absolute Gasteiger partial charge is 0.288 e. The molecule has 5 nitrogen and oxygen atoms in total. The summed E-state index contributed by atoms with van der Waals surface area (Å²) in [6, 6.07) is 7.02. The van der Waals surface area contributed by atoms with Crippen LogP contribution in [0, 0.1) is 10.1 Å². The number of anilines is 1. The van der Waals surface area contributed by atoms with Crippen molar-refractivity contribution >= 4 is 69.8 Å². The third kappa shape index (κ3) is 4.61. The predicted molar refractivity (Wildman–Crippen MR) is 97.2 cm³/mol. The Kier molecular flexibility index (Phi) is 6.07. The summed E-state index contributed by atoms with van der Waals surface area (Å²) in [5, 5.41) is 14.1. The molecule has 0 saturated heterocycles. The molecular formula is C15H8Cl4N2O3. The zero-order valence-electron chi connectivity index (χ0n) is 11.7. The molecule has 24 heavy (non-hydrogen) atoms. The summed E-state index contributed by atoms with van der Waals surface area (Å²) in [6.07, 6.45) is 2.61. The number of hydrogen-bond donors (Lipinski definition) is 1. The van der Waals surface area contributed by atoms with Gasteiger partial charge >= 0.3 is 0 Å². The van der Waals surface area contributed by atoms with Crippen molar-refractivity contribution in [3.05, 3.63) is 72.2 Å². The number of nitro groups is 1. The Balaban J connectivity index is 2.15. The molecule has 0 aliphatic rings. The maximum Gasteiger partial charge on any atom is 0.288 e. The third-order valence-electron chi connectivity index (χ3n) is 2.86. The first kappa shape index (κ1) is 18.5. The number of nitro benzene ring substituents is 1. The molecule has 0 saturated carbocycles. The van der Waals surface area contributed by atoms with Gasteiger partial charge in [-0.3, -0.25) is 14.9 Å². The van der Waals surface area contributed by atoms with Crippen LogP contribution in [0.3, 0.4) is 0 Å². The molecule has 124 valence electrons. The van der Waals surface area contributed by atoms with E-state index in [0.29, 0.717) is 11.3 Å². The van der Waals surface area contributed by atoms with E-state index in [1.807, 2.05) is 0 Å². The van der Waals surface area contributed by atoms with Crippen LogP contribution in [0.5, 0.6) is 0 Å². The van der Waals surface area contributed by atoms with Crippen LogP contribution in [0.4, 0.5) is 11.4 Å². The van der Waals surface area contributed by atoms with Crippen LogP contribution in [-0.4, -0.2) is 10.8 Å². The van der Waals surface area contributed by atoms with E-state index in [1.165, 1.54) is 36.4 Å². The van der Waals surface area contributed by atoms with Gasteiger partial charge in [0.2, 0.25) is 5.91 Å². The normalized spacial score (nSPS) is 10.8. The lowest BCUT2D eigenvalue weighted by molar-refractivity contribution is -0.384. The number of amides is 1. The standard InChI is InChI=1S/C15H8Cl4N2O3/c16-9-3-1-8(5-14(9)21(23)24)2-4-15(22)20-13-7-11(18)10(17)6-12(13)19/h1-7H,(H,20,22). The molecule has 2 aromatic rings. The fourth-order valence-corrected chi connectivity index (χ4v) is 2.52. The number of halogens is 4. The number of carbonyl (C=O) groups is 1. The van der Waals surface area contributed by atoms with Gasteiger partial charge in [0.05, 0.1) is 25.7 Å². The van der Waals surface area contributed by atoms with Crippen LogP contribution < -0.4 is 5.32 Å². The van der Waals surface area contributed by atoms with E-state index in [4.69, 9.17) is 46.4 Å². The van der Waals surface area contributed by atoms with Crippen molar-refractivity contribution in [3.8, 4) is 0 Å². The van der Waals surface area contributed by atoms with Crippen molar-refractivity contribution in [2.75, 3.05) is 5.32 Å². The zero-order chi connectivity index (χ0) is 17.9. The fourth-order valence-electron chi connectivity index (χ4n) is 1.74. The highest BCUT2D eigenvalue weighted by Crippen LogP contribution is 2.32. The molecule has 0 aromatic heterocycles. The minimum atomic E-state index is -0.602. The molecule has 1 N–H and O–H groups in total. The van der Waals surface area contributed by atoms with Crippen LogP contribution in [0.1, 0.15) is 5.56 Å². The van der Waals surface area contributed by atoms with E-state index >= 15 is 0 Å². The predicted octanol–water partition coefficient (Wildman–Crippen LogP) is 5.86. The summed E-state index contributed by atoms with van der Waals surface area (Å²) in [6.45, 7) is 0. The van der Waals surface area contributed by atoms with Gasteiger partial charge in [0, 0.05) is 12.1 Å². The van der Waals surface area contributed by atoms with Gasteiger partial charge in [-0.1, -0.05) is 52.5 Å². The van der Waals surface area contributed by atoms with E-state index in [0.717, 1.165) is 0 Å². The number of rotatable bonds is 4. The second-order valence-corrected chi connectivity index (χ2v) is 6.17. The topological polar surface area (TPSA) is 72.2 Å². The van der Waals surface area contributed by atoms with Gasteiger partial charge in [-0.2, -0.15) is 0 Å². The second kappa shape index (κ2) is 7.85. The summed E-state index contributed by atoms with van der Waals surface area (Å²) >= 11 is 23.4. The monoisotopic (exact) mass is 404 g/mol. The first-order valence-electron chi connectivity index (χ1n) is 6.35. The Labute approximate surface area is 156 Å². The van der Waals surface area contributed by atoms with Crippen LogP contribution >= 0.6 is 46.4 Å². The number of hydrogen-bond acceptors (Lipinski definition) is 3. The second-order valence-electron chi connectivity index (χ2n) is 4.54. The van der Waals surface area contributed by atoms with Crippen molar-refractivity contribution in [1.29, 1.82) is 0 Å². The first-order chi connectivity index (χ1) is 11.3. The molecular weight excluding hydrogens is 398 g/mol. The number of benzene rings is 2.